The highest BCUT2D eigenvalue weighted by atomic mass is 16.2. The van der Waals surface area contributed by atoms with Crippen molar-refractivity contribution in [2.45, 2.75) is 19.8 Å². The number of carbonyl (C=O) groups is 2. The number of carbonyl (C=O) groups excluding carboxylic acids is 2. The lowest BCUT2D eigenvalue weighted by Crippen LogP contribution is -2.27. The van der Waals surface area contributed by atoms with Crippen molar-refractivity contribution >= 4 is 11.8 Å². The van der Waals surface area contributed by atoms with E-state index in [0.717, 1.165) is 19.4 Å². The largest absolute Gasteiger partial charge is 0.352 e. The van der Waals surface area contributed by atoms with Gasteiger partial charge in [-0.25, -0.2) is 0 Å². The molecule has 0 unspecified atom stereocenters. The third-order valence-electron chi connectivity index (χ3n) is 2.81. The molecule has 110 valence electrons. The van der Waals surface area contributed by atoms with E-state index in [4.69, 9.17) is 0 Å². The summed E-state index contributed by atoms with van der Waals surface area (Å²) in [5.41, 5.74) is 1.03. The van der Waals surface area contributed by atoms with Crippen LogP contribution in [0.5, 0.6) is 0 Å². The average molecular weight is 277 g/mol. The third-order valence-corrected chi connectivity index (χ3v) is 2.81. The monoisotopic (exact) mass is 277 g/mol. The smallest absolute Gasteiger partial charge is 0.251 e. The average Bonchev–Trinajstić information content (AvgIpc) is 2.49. The van der Waals surface area contributed by atoms with Crippen molar-refractivity contribution in [3.63, 3.8) is 0 Å². The lowest BCUT2D eigenvalue weighted by Gasteiger charge is -2.07. The van der Waals surface area contributed by atoms with Gasteiger partial charge in [-0.3, -0.25) is 9.59 Å². The van der Waals surface area contributed by atoms with Crippen LogP contribution < -0.4 is 16.0 Å². The number of rotatable bonds is 8. The molecule has 20 heavy (non-hydrogen) atoms. The molecule has 0 fully saturated rings. The summed E-state index contributed by atoms with van der Waals surface area (Å²) in [5.74, 6) is -0.289. The molecule has 0 radical (unpaired) electrons. The molecule has 0 aliphatic carbocycles. The van der Waals surface area contributed by atoms with Gasteiger partial charge >= 0.3 is 0 Å². The zero-order chi connectivity index (χ0) is 14.8. The summed E-state index contributed by atoms with van der Waals surface area (Å²) in [6.07, 6.45) is 1.76. The molecule has 0 spiro atoms. The molecule has 5 nitrogen and oxygen atoms in total. The highest BCUT2D eigenvalue weighted by Gasteiger charge is 2.09. The Morgan fingerprint density at radius 1 is 1.00 bits per heavy atom. The molecule has 5 heteroatoms. The van der Waals surface area contributed by atoms with Gasteiger partial charge in [0.2, 0.25) is 0 Å². The molecule has 0 atom stereocenters. The predicted octanol–water partition coefficient (Wildman–Crippen LogP) is 1.17. The van der Waals surface area contributed by atoms with Crippen LogP contribution in [0.2, 0.25) is 0 Å². The Labute approximate surface area is 120 Å². The molecule has 2 amide bonds. The van der Waals surface area contributed by atoms with Crippen molar-refractivity contribution in [2.75, 3.05) is 26.7 Å². The van der Waals surface area contributed by atoms with Crippen LogP contribution in [0.1, 0.15) is 40.5 Å². The standard InChI is InChI=1S/C15H23N3O2/c1-3-8-17-14(19)12-6-4-7-13(11-12)15(20)18-10-5-9-16-2/h4,6-7,11,16H,3,5,8-10H2,1-2H3,(H,17,19)(H,18,20). The summed E-state index contributed by atoms with van der Waals surface area (Å²) in [7, 11) is 1.88. The van der Waals surface area contributed by atoms with Crippen molar-refractivity contribution < 1.29 is 9.59 Å². The second kappa shape index (κ2) is 9.09. The number of hydrogen-bond acceptors (Lipinski definition) is 3. The topological polar surface area (TPSA) is 70.2 Å². The van der Waals surface area contributed by atoms with Crippen molar-refractivity contribution in [3.05, 3.63) is 35.4 Å². The van der Waals surface area contributed by atoms with Crippen LogP contribution in [-0.4, -0.2) is 38.5 Å². The molecule has 0 heterocycles. The fourth-order valence-corrected chi connectivity index (χ4v) is 1.71. The minimum Gasteiger partial charge on any atom is -0.352 e. The molecule has 1 aromatic carbocycles. The number of nitrogens with one attached hydrogen (secondary N) is 3. The van der Waals surface area contributed by atoms with Gasteiger partial charge in [0.05, 0.1) is 0 Å². The highest BCUT2D eigenvalue weighted by molar-refractivity contribution is 5.99. The summed E-state index contributed by atoms with van der Waals surface area (Å²) in [4.78, 5) is 23.8. The number of amides is 2. The van der Waals surface area contributed by atoms with E-state index >= 15 is 0 Å². The van der Waals surface area contributed by atoms with Crippen LogP contribution >= 0.6 is 0 Å². The van der Waals surface area contributed by atoms with Gasteiger partial charge < -0.3 is 16.0 Å². The van der Waals surface area contributed by atoms with Crippen LogP contribution in [0, 0.1) is 0 Å². The Morgan fingerprint density at radius 3 is 2.15 bits per heavy atom. The first kappa shape index (κ1) is 16.2. The van der Waals surface area contributed by atoms with E-state index in [2.05, 4.69) is 16.0 Å². The minimum absolute atomic E-state index is 0.142. The third kappa shape index (κ3) is 5.40. The van der Waals surface area contributed by atoms with E-state index in [9.17, 15) is 9.59 Å². The van der Waals surface area contributed by atoms with Gasteiger partial charge in [-0.1, -0.05) is 13.0 Å². The van der Waals surface area contributed by atoms with Gasteiger partial charge in [0.15, 0.2) is 0 Å². The van der Waals surface area contributed by atoms with Crippen LogP contribution in [0.25, 0.3) is 0 Å². The van der Waals surface area contributed by atoms with Gasteiger partial charge in [-0.05, 0) is 44.6 Å². The fourth-order valence-electron chi connectivity index (χ4n) is 1.71. The predicted molar refractivity (Wildman–Crippen MR) is 79.9 cm³/mol. The first-order valence-electron chi connectivity index (χ1n) is 7.00. The molecule has 0 bridgehead atoms. The van der Waals surface area contributed by atoms with E-state index in [-0.39, 0.29) is 11.8 Å². The van der Waals surface area contributed by atoms with Crippen molar-refractivity contribution in [1.82, 2.24) is 16.0 Å². The minimum atomic E-state index is -0.147. The van der Waals surface area contributed by atoms with Gasteiger partial charge in [0.25, 0.3) is 11.8 Å². The van der Waals surface area contributed by atoms with Crippen LogP contribution in [0.3, 0.4) is 0 Å². The summed E-state index contributed by atoms with van der Waals surface area (Å²) in [5, 5.41) is 8.65. The Bertz CT molecular complexity index is 446. The lowest BCUT2D eigenvalue weighted by molar-refractivity contribution is 0.0952. The molecule has 3 N–H and O–H groups in total. The summed E-state index contributed by atoms with van der Waals surface area (Å²) >= 11 is 0. The molecular formula is C15H23N3O2. The zero-order valence-electron chi connectivity index (χ0n) is 12.2. The molecule has 0 saturated carbocycles. The normalized spacial score (nSPS) is 10.1. The molecule has 1 aromatic rings. The van der Waals surface area contributed by atoms with Crippen LogP contribution in [0.4, 0.5) is 0 Å². The van der Waals surface area contributed by atoms with Crippen molar-refractivity contribution in [1.29, 1.82) is 0 Å². The van der Waals surface area contributed by atoms with E-state index in [1.54, 1.807) is 24.3 Å². The van der Waals surface area contributed by atoms with Gasteiger partial charge in [0.1, 0.15) is 0 Å². The maximum absolute atomic E-state index is 11.9. The Hall–Kier alpha value is -1.88. The lowest BCUT2D eigenvalue weighted by atomic mass is 10.1. The van der Waals surface area contributed by atoms with E-state index in [1.807, 2.05) is 14.0 Å². The second-order valence-corrected chi connectivity index (χ2v) is 4.55. The zero-order valence-corrected chi connectivity index (χ0v) is 12.2. The summed E-state index contributed by atoms with van der Waals surface area (Å²) < 4.78 is 0. The number of benzene rings is 1. The van der Waals surface area contributed by atoms with Crippen LogP contribution in [0.15, 0.2) is 24.3 Å². The molecule has 0 aromatic heterocycles. The summed E-state index contributed by atoms with van der Waals surface area (Å²) in [6.45, 7) is 4.11. The quantitative estimate of drug-likeness (QED) is 0.625. The first-order valence-corrected chi connectivity index (χ1v) is 7.00. The fraction of sp³-hybridized carbons (Fsp3) is 0.467. The SMILES string of the molecule is CCCNC(=O)c1cccc(C(=O)NCCCNC)c1. The maximum atomic E-state index is 11.9. The summed E-state index contributed by atoms with van der Waals surface area (Å²) in [6, 6.07) is 6.77. The van der Waals surface area contributed by atoms with E-state index in [1.165, 1.54) is 0 Å². The van der Waals surface area contributed by atoms with Crippen molar-refractivity contribution in [2.24, 2.45) is 0 Å². The number of hydrogen-bond donors (Lipinski definition) is 3. The van der Waals surface area contributed by atoms with Gasteiger partial charge in [-0.2, -0.15) is 0 Å². The Morgan fingerprint density at radius 2 is 1.60 bits per heavy atom. The van der Waals surface area contributed by atoms with Crippen molar-refractivity contribution in [3.8, 4) is 0 Å². The Kier molecular flexibility index (Phi) is 7.35. The van der Waals surface area contributed by atoms with Crippen LogP contribution in [-0.2, 0) is 0 Å². The Balaban J connectivity index is 2.58. The maximum Gasteiger partial charge on any atom is 0.251 e. The molecular weight excluding hydrogens is 254 g/mol. The van der Waals surface area contributed by atoms with E-state index < -0.39 is 0 Å². The highest BCUT2D eigenvalue weighted by Crippen LogP contribution is 2.05. The molecule has 1 rings (SSSR count). The second-order valence-electron chi connectivity index (χ2n) is 4.55. The van der Waals surface area contributed by atoms with Gasteiger partial charge in [0, 0.05) is 24.2 Å². The first-order chi connectivity index (χ1) is 9.69. The molecule has 0 aliphatic rings. The van der Waals surface area contributed by atoms with Gasteiger partial charge in [-0.15, -0.1) is 0 Å². The molecule has 0 aliphatic heterocycles. The molecule has 0 saturated heterocycles. The van der Waals surface area contributed by atoms with E-state index in [0.29, 0.717) is 24.2 Å².